The first-order valence-electron chi connectivity index (χ1n) is 6.90. The van der Waals surface area contributed by atoms with E-state index < -0.39 is 29.7 Å². The molecule has 2 N–H and O–H groups in total. The second kappa shape index (κ2) is 6.89. The van der Waals surface area contributed by atoms with E-state index in [2.05, 4.69) is 10.1 Å². The molecule has 1 aromatic carbocycles. The van der Waals surface area contributed by atoms with Crippen LogP contribution in [0.5, 0.6) is 0 Å². The van der Waals surface area contributed by atoms with Gasteiger partial charge in [0.05, 0.1) is 30.2 Å². The molecule has 0 saturated heterocycles. The van der Waals surface area contributed by atoms with Gasteiger partial charge in [-0.25, -0.2) is 4.79 Å². The molecule has 1 aromatic rings. The molecule has 0 unspecified atom stereocenters. The third kappa shape index (κ3) is 3.33. The molecule has 2 rings (SSSR count). The van der Waals surface area contributed by atoms with Crippen LogP contribution in [0.25, 0.3) is 0 Å². The summed E-state index contributed by atoms with van der Waals surface area (Å²) in [6.07, 6.45) is 4.26. The molecule has 0 saturated carbocycles. The van der Waals surface area contributed by atoms with Gasteiger partial charge >= 0.3 is 11.9 Å². The smallest absolute Gasteiger partial charge is 0.339 e. The highest BCUT2D eigenvalue weighted by atomic mass is 16.5. The molecule has 0 fully saturated rings. The monoisotopic (exact) mass is 303 g/mol. The maximum absolute atomic E-state index is 12.4. The van der Waals surface area contributed by atoms with Crippen molar-refractivity contribution in [1.29, 1.82) is 0 Å². The van der Waals surface area contributed by atoms with Crippen molar-refractivity contribution in [2.45, 2.75) is 12.8 Å². The number of carbonyl (C=O) groups is 3. The lowest BCUT2D eigenvalue weighted by Crippen LogP contribution is -2.35. The van der Waals surface area contributed by atoms with Crippen LogP contribution in [0.4, 0.5) is 5.69 Å². The summed E-state index contributed by atoms with van der Waals surface area (Å²) < 4.78 is 4.67. The molecule has 6 nitrogen and oxygen atoms in total. The molecule has 2 atom stereocenters. The van der Waals surface area contributed by atoms with Crippen molar-refractivity contribution in [1.82, 2.24) is 0 Å². The van der Waals surface area contributed by atoms with Gasteiger partial charge < -0.3 is 15.2 Å². The summed E-state index contributed by atoms with van der Waals surface area (Å²) in [6.45, 7) is 0. The lowest BCUT2D eigenvalue weighted by molar-refractivity contribution is -0.146. The van der Waals surface area contributed by atoms with E-state index in [0.717, 1.165) is 0 Å². The zero-order valence-corrected chi connectivity index (χ0v) is 12.1. The number of anilines is 1. The summed E-state index contributed by atoms with van der Waals surface area (Å²) >= 11 is 0. The second-order valence-corrected chi connectivity index (χ2v) is 5.02. The first kappa shape index (κ1) is 15.8. The number of carboxylic acids is 1. The third-order valence-corrected chi connectivity index (χ3v) is 3.68. The lowest BCUT2D eigenvalue weighted by Gasteiger charge is -2.24. The van der Waals surface area contributed by atoms with Crippen molar-refractivity contribution in [2.24, 2.45) is 11.8 Å². The molecule has 0 radical (unpaired) electrons. The standard InChI is InChI=1S/C16H17NO5/c1-22-16(21)12-8-4-5-9-13(12)17-14(18)10-6-2-3-7-11(10)15(19)20/h2-5,8-11H,6-7H2,1H3,(H,17,18)(H,19,20)/t10-,11-/m1/s1. The summed E-state index contributed by atoms with van der Waals surface area (Å²) in [5.41, 5.74) is 0.551. The Labute approximate surface area is 127 Å². The molecule has 0 heterocycles. The molecule has 22 heavy (non-hydrogen) atoms. The number of carbonyl (C=O) groups excluding carboxylic acids is 2. The summed E-state index contributed by atoms with van der Waals surface area (Å²) in [6, 6.07) is 6.46. The van der Waals surface area contributed by atoms with Gasteiger partial charge in [-0.2, -0.15) is 0 Å². The molecule has 1 amide bonds. The minimum atomic E-state index is -0.995. The van der Waals surface area contributed by atoms with Crippen LogP contribution in [0.15, 0.2) is 36.4 Å². The molecule has 1 aliphatic rings. The fourth-order valence-corrected chi connectivity index (χ4v) is 2.48. The first-order chi connectivity index (χ1) is 10.5. The van der Waals surface area contributed by atoms with Crippen molar-refractivity contribution < 1.29 is 24.2 Å². The maximum atomic E-state index is 12.4. The molecule has 6 heteroatoms. The number of para-hydroxylation sites is 1. The number of benzene rings is 1. The Morgan fingerprint density at radius 2 is 1.77 bits per heavy atom. The summed E-state index contributed by atoms with van der Waals surface area (Å²) in [5.74, 6) is -3.38. The van der Waals surface area contributed by atoms with Crippen molar-refractivity contribution >= 4 is 23.5 Å². The van der Waals surface area contributed by atoms with E-state index >= 15 is 0 Å². The predicted molar refractivity (Wildman–Crippen MR) is 79.4 cm³/mol. The Hall–Kier alpha value is -2.63. The second-order valence-electron chi connectivity index (χ2n) is 5.02. The normalized spacial score (nSPS) is 20.2. The van der Waals surface area contributed by atoms with Gasteiger partial charge in [0.1, 0.15) is 0 Å². The van der Waals surface area contributed by atoms with Crippen LogP contribution in [0, 0.1) is 11.8 Å². The molecular formula is C16H17NO5. The van der Waals surface area contributed by atoms with Crippen molar-refractivity contribution in [3.8, 4) is 0 Å². The minimum absolute atomic E-state index is 0.233. The SMILES string of the molecule is COC(=O)c1ccccc1NC(=O)[C@@H]1CC=CC[C@H]1C(=O)O. The number of hydrogen-bond donors (Lipinski definition) is 2. The molecular weight excluding hydrogens is 286 g/mol. The van der Waals surface area contributed by atoms with E-state index in [-0.39, 0.29) is 5.56 Å². The topological polar surface area (TPSA) is 92.7 Å². The van der Waals surface area contributed by atoms with Crippen LogP contribution >= 0.6 is 0 Å². The highest BCUT2D eigenvalue weighted by Gasteiger charge is 2.34. The lowest BCUT2D eigenvalue weighted by atomic mass is 9.82. The Morgan fingerprint density at radius 1 is 1.14 bits per heavy atom. The van der Waals surface area contributed by atoms with E-state index in [4.69, 9.17) is 0 Å². The largest absolute Gasteiger partial charge is 0.481 e. The van der Waals surface area contributed by atoms with Gasteiger partial charge in [-0.3, -0.25) is 9.59 Å². The number of amides is 1. The minimum Gasteiger partial charge on any atom is -0.481 e. The van der Waals surface area contributed by atoms with E-state index in [1.165, 1.54) is 13.2 Å². The van der Waals surface area contributed by atoms with Gasteiger partial charge in [0.2, 0.25) is 5.91 Å². The highest BCUT2D eigenvalue weighted by Crippen LogP contribution is 2.28. The third-order valence-electron chi connectivity index (χ3n) is 3.68. The zero-order valence-electron chi connectivity index (χ0n) is 12.1. The van der Waals surface area contributed by atoms with Crippen LogP contribution < -0.4 is 5.32 Å². The van der Waals surface area contributed by atoms with Gasteiger partial charge in [-0.15, -0.1) is 0 Å². The summed E-state index contributed by atoms with van der Waals surface area (Å²) in [4.78, 5) is 35.3. The number of aliphatic carboxylic acids is 1. The van der Waals surface area contributed by atoms with Crippen LogP contribution in [-0.2, 0) is 14.3 Å². The van der Waals surface area contributed by atoms with Gasteiger partial charge in [0.25, 0.3) is 0 Å². The number of esters is 1. The van der Waals surface area contributed by atoms with Crippen LogP contribution in [-0.4, -0.2) is 30.1 Å². The van der Waals surface area contributed by atoms with Crippen molar-refractivity contribution in [3.05, 3.63) is 42.0 Å². The quantitative estimate of drug-likeness (QED) is 0.656. The number of ether oxygens (including phenoxy) is 1. The van der Waals surface area contributed by atoms with Crippen LogP contribution in [0.3, 0.4) is 0 Å². The number of allylic oxidation sites excluding steroid dienone is 2. The van der Waals surface area contributed by atoms with Crippen molar-refractivity contribution in [3.63, 3.8) is 0 Å². The van der Waals surface area contributed by atoms with E-state index in [1.54, 1.807) is 30.4 Å². The zero-order chi connectivity index (χ0) is 16.1. The van der Waals surface area contributed by atoms with Crippen molar-refractivity contribution in [2.75, 3.05) is 12.4 Å². The first-order valence-corrected chi connectivity index (χ1v) is 6.90. The van der Waals surface area contributed by atoms with Gasteiger partial charge in [0.15, 0.2) is 0 Å². The fourth-order valence-electron chi connectivity index (χ4n) is 2.48. The summed E-state index contributed by atoms with van der Waals surface area (Å²) in [5, 5.41) is 11.9. The van der Waals surface area contributed by atoms with E-state index in [1.807, 2.05) is 0 Å². The van der Waals surface area contributed by atoms with E-state index in [9.17, 15) is 19.5 Å². The van der Waals surface area contributed by atoms with Gasteiger partial charge in [0, 0.05) is 0 Å². The number of methoxy groups -OCH3 is 1. The Morgan fingerprint density at radius 3 is 2.41 bits per heavy atom. The number of hydrogen-bond acceptors (Lipinski definition) is 4. The van der Waals surface area contributed by atoms with Crippen LogP contribution in [0.2, 0.25) is 0 Å². The molecule has 0 bridgehead atoms. The number of nitrogens with one attached hydrogen (secondary N) is 1. The highest BCUT2D eigenvalue weighted by molar-refractivity contribution is 6.02. The molecule has 116 valence electrons. The molecule has 0 aliphatic heterocycles. The van der Waals surface area contributed by atoms with E-state index in [0.29, 0.717) is 18.5 Å². The molecule has 0 aromatic heterocycles. The Kier molecular flexibility index (Phi) is 4.93. The van der Waals surface area contributed by atoms with Gasteiger partial charge in [-0.05, 0) is 25.0 Å². The fraction of sp³-hybridized carbons (Fsp3) is 0.312. The Balaban J connectivity index is 2.20. The molecule has 0 spiro atoms. The molecule has 1 aliphatic carbocycles. The van der Waals surface area contributed by atoms with Crippen LogP contribution in [0.1, 0.15) is 23.2 Å². The Bertz CT molecular complexity index is 623. The summed E-state index contributed by atoms with van der Waals surface area (Å²) in [7, 11) is 1.26. The number of rotatable bonds is 4. The average Bonchev–Trinajstić information content (AvgIpc) is 2.54. The average molecular weight is 303 g/mol. The number of carboxylic acid groups (broad SMARTS) is 1. The maximum Gasteiger partial charge on any atom is 0.339 e. The van der Waals surface area contributed by atoms with Gasteiger partial charge in [-0.1, -0.05) is 24.3 Å². The predicted octanol–water partition coefficient (Wildman–Crippen LogP) is 2.08.